The number of thiophene rings is 1. The average Bonchev–Trinajstić information content (AvgIpc) is 3.82. The van der Waals surface area contributed by atoms with Gasteiger partial charge in [-0.05, 0) is 58.0 Å². The Morgan fingerprint density at radius 2 is 0.981 bits per heavy atom. The smallest absolute Gasteiger partial charge is 0.161 e. The number of fused-ring (bicyclic) bond motifs is 8. The molecule has 0 unspecified atom stereocenters. The minimum absolute atomic E-state index is 0.680. The third-order valence-electron chi connectivity index (χ3n) is 10.5. The molecule has 0 spiro atoms. The second kappa shape index (κ2) is 12.4. The maximum absolute atomic E-state index is 6.62. The van der Waals surface area contributed by atoms with E-state index in [4.69, 9.17) is 14.4 Å². The predicted octanol–water partition coefficient (Wildman–Crippen LogP) is 14.2. The molecule has 8 aromatic carbocycles. The molecule has 0 aliphatic carbocycles. The van der Waals surface area contributed by atoms with E-state index in [0.717, 1.165) is 66.4 Å². The zero-order valence-electron chi connectivity index (χ0n) is 29.0. The standard InChI is InChI=1S/C50H30N2OS/c1-3-12-31(13-4-1)33-22-24-34(25-23-33)44-30-45(40-20-11-19-39-37-17-9-10-21-47(37)54-49(39)40)52-50(51-44)43-29-42-41-28-35(32-14-5-2-6-15-32)26-27-46(41)53-48(42)38-18-8-7-16-36(38)43/h1-30H. The van der Waals surface area contributed by atoms with Crippen molar-refractivity contribution in [3.05, 3.63) is 182 Å². The molecule has 0 amide bonds. The van der Waals surface area contributed by atoms with Crippen LogP contribution in [0.4, 0.5) is 0 Å². The molecule has 0 aliphatic heterocycles. The number of aromatic nitrogens is 2. The molecule has 0 N–H and O–H groups in total. The van der Waals surface area contributed by atoms with Gasteiger partial charge in [-0.15, -0.1) is 11.3 Å². The largest absolute Gasteiger partial charge is 0.455 e. The summed E-state index contributed by atoms with van der Waals surface area (Å²) in [7, 11) is 0. The third-order valence-corrected chi connectivity index (χ3v) is 11.7. The van der Waals surface area contributed by atoms with E-state index in [1.165, 1.54) is 36.9 Å². The number of hydrogen-bond donors (Lipinski definition) is 0. The highest BCUT2D eigenvalue weighted by Gasteiger charge is 2.20. The highest BCUT2D eigenvalue weighted by molar-refractivity contribution is 7.26. The lowest BCUT2D eigenvalue weighted by Crippen LogP contribution is -1.97. The lowest BCUT2D eigenvalue weighted by Gasteiger charge is -2.12. The number of benzene rings is 8. The van der Waals surface area contributed by atoms with Crippen LogP contribution in [0.3, 0.4) is 0 Å². The number of hydrogen-bond acceptors (Lipinski definition) is 4. The molecule has 0 saturated carbocycles. The molecule has 11 rings (SSSR count). The molecule has 0 bridgehead atoms. The van der Waals surface area contributed by atoms with Gasteiger partial charge in [0.1, 0.15) is 11.2 Å². The van der Waals surface area contributed by atoms with E-state index in [0.29, 0.717) is 5.82 Å². The molecule has 4 heteroatoms. The van der Waals surface area contributed by atoms with Crippen LogP contribution in [-0.2, 0) is 0 Å². The Balaban J connectivity index is 1.17. The monoisotopic (exact) mass is 706 g/mol. The van der Waals surface area contributed by atoms with Crippen molar-refractivity contribution in [1.82, 2.24) is 9.97 Å². The minimum atomic E-state index is 0.680. The van der Waals surface area contributed by atoms with Gasteiger partial charge in [0.05, 0.1) is 11.4 Å². The summed E-state index contributed by atoms with van der Waals surface area (Å²) in [5.74, 6) is 0.680. The van der Waals surface area contributed by atoms with Crippen molar-refractivity contribution in [3.8, 4) is 56.2 Å². The van der Waals surface area contributed by atoms with Crippen LogP contribution in [0.2, 0.25) is 0 Å². The van der Waals surface area contributed by atoms with E-state index in [1.54, 1.807) is 0 Å². The molecule has 3 nitrogen and oxygen atoms in total. The minimum Gasteiger partial charge on any atom is -0.455 e. The first-order valence-electron chi connectivity index (χ1n) is 18.1. The first-order chi connectivity index (χ1) is 26.7. The molecule has 0 saturated heterocycles. The van der Waals surface area contributed by atoms with Gasteiger partial charge in [0.25, 0.3) is 0 Å². The van der Waals surface area contributed by atoms with E-state index in [-0.39, 0.29) is 0 Å². The topological polar surface area (TPSA) is 38.9 Å². The molecule has 0 fully saturated rings. The van der Waals surface area contributed by atoms with Crippen LogP contribution in [0, 0.1) is 0 Å². The van der Waals surface area contributed by atoms with Gasteiger partial charge in [-0.25, -0.2) is 9.97 Å². The normalized spacial score (nSPS) is 11.7. The molecular weight excluding hydrogens is 677 g/mol. The molecule has 252 valence electrons. The zero-order valence-corrected chi connectivity index (χ0v) is 29.8. The maximum atomic E-state index is 6.62. The van der Waals surface area contributed by atoms with E-state index < -0.39 is 0 Å². The summed E-state index contributed by atoms with van der Waals surface area (Å²) in [6.45, 7) is 0. The number of furan rings is 1. The first kappa shape index (κ1) is 30.7. The van der Waals surface area contributed by atoms with Crippen molar-refractivity contribution in [2.24, 2.45) is 0 Å². The number of rotatable bonds is 5. The zero-order chi connectivity index (χ0) is 35.6. The van der Waals surface area contributed by atoms with Gasteiger partial charge in [-0.3, -0.25) is 0 Å². The van der Waals surface area contributed by atoms with E-state index in [9.17, 15) is 0 Å². The fourth-order valence-electron chi connectivity index (χ4n) is 7.86. The Kier molecular flexibility index (Phi) is 7.04. The van der Waals surface area contributed by atoms with Crippen LogP contribution in [-0.4, -0.2) is 9.97 Å². The fraction of sp³-hybridized carbons (Fsp3) is 0. The van der Waals surface area contributed by atoms with Crippen molar-refractivity contribution in [2.75, 3.05) is 0 Å². The molecule has 0 atom stereocenters. The number of nitrogens with zero attached hydrogens (tertiary/aromatic N) is 2. The average molecular weight is 707 g/mol. The van der Waals surface area contributed by atoms with Gasteiger partial charge in [-0.2, -0.15) is 0 Å². The van der Waals surface area contributed by atoms with Crippen molar-refractivity contribution >= 4 is 64.2 Å². The second-order valence-electron chi connectivity index (χ2n) is 13.7. The lowest BCUT2D eigenvalue weighted by molar-refractivity contribution is 0.673. The molecule has 3 heterocycles. The Morgan fingerprint density at radius 1 is 0.370 bits per heavy atom. The van der Waals surface area contributed by atoms with Gasteiger partial charge in [0.15, 0.2) is 5.82 Å². The van der Waals surface area contributed by atoms with Crippen molar-refractivity contribution in [1.29, 1.82) is 0 Å². The van der Waals surface area contributed by atoms with Crippen molar-refractivity contribution < 1.29 is 4.42 Å². The van der Waals surface area contributed by atoms with Gasteiger partial charge in [0.2, 0.25) is 0 Å². The summed E-state index contributed by atoms with van der Waals surface area (Å²) >= 11 is 1.82. The summed E-state index contributed by atoms with van der Waals surface area (Å²) in [5, 5.41) is 6.72. The molecular formula is C50H30N2OS. The summed E-state index contributed by atoms with van der Waals surface area (Å²) in [6.07, 6.45) is 0. The fourth-order valence-corrected chi connectivity index (χ4v) is 9.08. The quantitative estimate of drug-likeness (QED) is 0.179. The third kappa shape index (κ3) is 5.03. The molecule has 0 radical (unpaired) electrons. The summed E-state index contributed by atoms with van der Waals surface area (Å²) in [6, 6.07) is 64.2. The van der Waals surface area contributed by atoms with Crippen molar-refractivity contribution in [3.63, 3.8) is 0 Å². The Bertz CT molecular complexity index is 3200. The summed E-state index contributed by atoms with van der Waals surface area (Å²) in [5.41, 5.74) is 11.3. The molecule has 11 aromatic rings. The maximum Gasteiger partial charge on any atom is 0.161 e. The van der Waals surface area contributed by atoms with Gasteiger partial charge < -0.3 is 4.42 Å². The second-order valence-corrected chi connectivity index (χ2v) is 14.8. The van der Waals surface area contributed by atoms with Crippen LogP contribution in [0.1, 0.15) is 0 Å². The highest BCUT2D eigenvalue weighted by atomic mass is 32.1. The van der Waals surface area contributed by atoms with Gasteiger partial charge in [0, 0.05) is 53.0 Å². The summed E-state index contributed by atoms with van der Waals surface area (Å²) < 4.78 is 9.11. The molecule has 3 aromatic heterocycles. The predicted molar refractivity (Wildman–Crippen MR) is 227 cm³/mol. The Hall–Kier alpha value is -6.88. The van der Waals surface area contributed by atoms with Crippen LogP contribution in [0.5, 0.6) is 0 Å². The van der Waals surface area contributed by atoms with E-state index >= 15 is 0 Å². The SMILES string of the molecule is c1ccc(-c2ccc(-c3cc(-c4cccc5c4sc4ccccc45)nc(-c4cc5c6cc(-c7ccccc7)ccc6oc5c5ccccc45)n3)cc2)cc1. The van der Waals surface area contributed by atoms with E-state index in [2.05, 4.69) is 182 Å². The van der Waals surface area contributed by atoms with Crippen molar-refractivity contribution in [2.45, 2.75) is 0 Å². The van der Waals surface area contributed by atoms with Crippen LogP contribution < -0.4 is 0 Å². The Labute approximate surface area is 315 Å². The summed E-state index contributed by atoms with van der Waals surface area (Å²) in [4.78, 5) is 10.8. The van der Waals surface area contributed by atoms with Crippen LogP contribution in [0.25, 0.3) is 109 Å². The van der Waals surface area contributed by atoms with Gasteiger partial charge in [-0.1, -0.05) is 152 Å². The van der Waals surface area contributed by atoms with Crippen LogP contribution >= 0.6 is 11.3 Å². The first-order valence-corrected chi connectivity index (χ1v) is 19.0. The lowest BCUT2D eigenvalue weighted by atomic mass is 9.97. The van der Waals surface area contributed by atoms with Gasteiger partial charge >= 0.3 is 0 Å². The molecule has 54 heavy (non-hydrogen) atoms. The Morgan fingerprint density at radius 3 is 1.78 bits per heavy atom. The molecule has 0 aliphatic rings. The highest BCUT2D eigenvalue weighted by Crippen LogP contribution is 2.43. The van der Waals surface area contributed by atoms with E-state index in [1.807, 2.05) is 11.3 Å². The van der Waals surface area contributed by atoms with Crippen LogP contribution in [0.15, 0.2) is 186 Å².